The smallest absolute Gasteiger partial charge is 0.248 e. The Kier molecular flexibility index (Phi) is 5.14. The Morgan fingerprint density at radius 2 is 1.95 bits per heavy atom. The molecule has 2 aromatic rings. The first kappa shape index (κ1) is 15.6. The molecule has 0 radical (unpaired) electrons. The summed E-state index contributed by atoms with van der Waals surface area (Å²) in [5.74, 6) is 0.975. The summed E-state index contributed by atoms with van der Waals surface area (Å²) < 4.78 is 10.5. The van der Waals surface area contributed by atoms with E-state index in [9.17, 15) is 4.79 Å². The van der Waals surface area contributed by atoms with Gasteiger partial charge >= 0.3 is 0 Å². The number of anilines is 1. The van der Waals surface area contributed by atoms with E-state index < -0.39 is 0 Å². The molecule has 0 aliphatic carbocycles. The van der Waals surface area contributed by atoms with E-state index in [0.717, 1.165) is 11.1 Å². The summed E-state index contributed by atoms with van der Waals surface area (Å²) in [4.78, 5) is 16.0. The summed E-state index contributed by atoms with van der Waals surface area (Å²) >= 11 is 0. The molecule has 1 heterocycles. The topological polar surface area (TPSA) is 60.5 Å². The SMILES string of the molecule is COc1cc(C)c(NC(=O)/C=C/c2cccnc2)cc1OC. The molecule has 0 unspecified atom stereocenters. The second kappa shape index (κ2) is 7.26. The van der Waals surface area contributed by atoms with E-state index in [1.807, 2.05) is 25.1 Å². The number of nitrogens with zero attached hydrogens (tertiary/aromatic N) is 1. The lowest BCUT2D eigenvalue weighted by Gasteiger charge is -2.12. The number of benzene rings is 1. The van der Waals surface area contributed by atoms with Crippen LogP contribution in [0.5, 0.6) is 11.5 Å². The molecular weight excluding hydrogens is 280 g/mol. The van der Waals surface area contributed by atoms with Crippen LogP contribution in [0, 0.1) is 6.92 Å². The van der Waals surface area contributed by atoms with Gasteiger partial charge in [0, 0.05) is 30.2 Å². The second-order valence-electron chi connectivity index (χ2n) is 4.63. The van der Waals surface area contributed by atoms with Crippen LogP contribution in [0.2, 0.25) is 0 Å². The number of aryl methyl sites for hydroxylation is 1. The molecule has 1 amide bonds. The Morgan fingerprint density at radius 3 is 2.59 bits per heavy atom. The van der Waals surface area contributed by atoms with Gasteiger partial charge in [-0.3, -0.25) is 9.78 Å². The highest BCUT2D eigenvalue weighted by Gasteiger charge is 2.09. The Bertz CT molecular complexity index is 682. The molecule has 0 atom stereocenters. The first-order valence-corrected chi connectivity index (χ1v) is 6.75. The number of carbonyl (C=O) groups is 1. The lowest BCUT2D eigenvalue weighted by molar-refractivity contribution is -0.111. The number of hydrogen-bond donors (Lipinski definition) is 1. The zero-order chi connectivity index (χ0) is 15.9. The minimum atomic E-state index is -0.223. The normalized spacial score (nSPS) is 10.5. The van der Waals surface area contributed by atoms with Gasteiger partial charge in [-0.2, -0.15) is 0 Å². The van der Waals surface area contributed by atoms with E-state index >= 15 is 0 Å². The molecule has 0 aliphatic rings. The van der Waals surface area contributed by atoms with Crippen LogP contribution in [-0.2, 0) is 4.79 Å². The van der Waals surface area contributed by atoms with Crippen LogP contribution in [0.15, 0.2) is 42.7 Å². The third-order valence-electron chi connectivity index (χ3n) is 3.10. The number of ether oxygens (including phenoxy) is 2. The van der Waals surface area contributed by atoms with Crippen molar-refractivity contribution in [1.29, 1.82) is 0 Å². The quantitative estimate of drug-likeness (QED) is 0.862. The van der Waals surface area contributed by atoms with Crippen molar-refractivity contribution >= 4 is 17.7 Å². The van der Waals surface area contributed by atoms with E-state index in [1.165, 1.54) is 6.08 Å². The van der Waals surface area contributed by atoms with Crippen molar-refractivity contribution in [3.63, 3.8) is 0 Å². The molecular formula is C17H18N2O3. The standard InChI is InChI=1S/C17H18N2O3/c1-12-9-15(21-2)16(22-3)10-14(12)19-17(20)7-6-13-5-4-8-18-11-13/h4-11H,1-3H3,(H,19,20)/b7-6+. The maximum absolute atomic E-state index is 12.0. The number of rotatable bonds is 5. The van der Waals surface area contributed by atoms with E-state index in [4.69, 9.17) is 9.47 Å². The molecule has 2 rings (SSSR count). The van der Waals surface area contributed by atoms with Gasteiger partial charge in [0.1, 0.15) is 0 Å². The molecule has 1 aromatic heterocycles. The van der Waals surface area contributed by atoms with Gasteiger partial charge in [-0.1, -0.05) is 6.07 Å². The van der Waals surface area contributed by atoms with Crippen LogP contribution in [0.4, 0.5) is 5.69 Å². The molecule has 5 nitrogen and oxygen atoms in total. The Morgan fingerprint density at radius 1 is 1.23 bits per heavy atom. The predicted molar refractivity (Wildman–Crippen MR) is 86.2 cm³/mol. The maximum Gasteiger partial charge on any atom is 0.248 e. The van der Waals surface area contributed by atoms with E-state index in [2.05, 4.69) is 10.3 Å². The Hall–Kier alpha value is -2.82. The van der Waals surface area contributed by atoms with Gasteiger partial charge in [0.15, 0.2) is 11.5 Å². The van der Waals surface area contributed by atoms with Gasteiger partial charge in [0.05, 0.1) is 14.2 Å². The fourth-order valence-electron chi connectivity index (χ4n) is 1.94. The van der Waals surface area contributed by atoms with Gasteiger partial charge in [-0.05, 0) is 36.3 Å². The van der Waals surface area contributed by atoms with Crippen molar-refractivity contribution in [3.05, 3.63) is 53.9 Å². The molecule has 0 fully saturated rings. The highest BCUT2D eigenvalue weighted by molar-refractivity contribution is 6.02. The Balaban J connectivity index is 2.13. The average Bonchev–Trinajstić information content (AvgIpc) is 2.55. The molecule has 5 heteroatoms. The van der Waals surface area contributed by atoms with Crippen molar-refractivity contribution in [2.24, 2.45) is 0 Å². The summed E-state index contributed by atoms with van der Waals surface area (Å²) in [5, 5.41) is 2.82. The minimum absolute atomic E-state index is 0.223. The summed E-state index contributed by atoms with van der Waals surface area (Å²) in [5.41, 5.74) is 2.43. The van der Waals surface area contributed by atoms with Crippen LogP contribution in [-0.4, -0.2) is 25.1 Å². The number of methoxy groups -OCH3 is 2. The van der Waals surface area contributed by atoms with E-state index in [-0.39, 0.29) is 5.91 Å². The van der Waals surface area contributed by atoms with Crippen molar-refractivity contribution in [3.8, 4) is 11.5 Å². The molecule has 0 bridgehead atoms. The van der Waals surface area contributed by atoms with Gasteiger partial charge < -0.3 is 14.8 Å². The number of aromatic nitrogens is 1. The van der Waals surface area contributed by atoms with E-state index in [1.54, 1.807) is 38.8 Å². The first-order chi connectivity index (χ1) is 10.6. The van der Waals surface area contributed by atoms with Crippen molar-refractivity contribution in [1.82, 2.24) is 4.98 Å². The van der Waals surface area contributed by atoms with Gasteiger partial charge in [-0.15, -0.1) is 0 Å². The molecule has 1 aromatic carbocycles. The summed E-state index contributed by atoms with van der Waals surface area (Å²) in [6, 6.07) is 7.25. The van der Waals surface area contributed by atoms with Crippen LogP contribution < -0.4 is 14.8 Å². The van der Waals surface area contributed by atoms with Crippen molar-refractivity contribution in [2.45, 2.75) is 6.92 Å². The van der Waals surface area contributed by atoms with Crippen molar-refractivity contribution in [2.75, 3.05) is 19.5 Å². The van der Waals surface area contributed by atoms with Gasteiger partial charge in [-0.25, -0.2) is 0 Å². The van der Waals surface area contributed by atoms with Crippen molar-refractivity contribution < 1.29 is 14.3 Å². The molecule has 22 heavy (non-hydrogen) atoms. The van der Waals surface area contributed by atoms with Crippen LogP contribution in [0.3, 0.4) is 0 Å². The molecule has 0 saturated heterocycles. The largest absolute Gasteiger partial charge is 0.493 e. The predicted octanol–water partition coefficient (Wildman–Crippen LogP) is 3.06. The maximum atomic E-state index is 12.0. The number of carbonyl (C=O) groups excluding carboxylic acids is 1. The monoisotopic (exact) mass is 298 g/mol. The third-order valence-corrected chi connectivity index (χ3v) is 3.10. The average molecular weight is 298 g/mol. The molecule has 0 saturated carbocycles. The minimum Gasteiger partial charge on any atom is -0.493 e. The van der Waals surface area contributed by atoms with E-state index in [0.29, 0.717) is 17.2 Å². The molecule has 0 aliphatic heterocycles. The summed E-state index contributed by atoms with van der Waals surface area (Å²) in [7, 11) is 3.13. The summed E-state index contributed by atoms with van der Waals surface area (Å²) in [6.45, 7) is 1.89. The number of hydrogen-bond acceptors (Lipinski definition) is 4. The number of nitrogens with one attached hydrogen (secondary N) is 1. The Labute approximate surface area is 129 Å². The summed E-state index contributed by atoms with van der Waals surface area (Å²) in [6.07, 6.45) is 6.54. The lowest BCUT2D eigenvalue weighted by atomic mass is 10.1. The zero-order valence-corrected chi connectivity index (χ0v) is 12.8. The number of amides is 1. The fourth-order valence-corrected chi connectivity index (χ4v) is 1.94. The fraction of sp³-hybridized carbons (Fsp3) is 0.176. The molecule has 0 spiro atoms. The highest BCUT2D eigenvalue weighted by Crippen LogP contribution is 2.32. The lowest BCUT2D eigenvalue weighted by Crippen LogP contribution is -2.09. The van der Waals surface area contributed by atoms with Crippen LogP contribution >= 0.6 is 0 Å². The zero-order valence-electron chi connectivity index (χ0n) is 12.8. The third kappa shape index (κ3) is 3.85. The van der Waals surface area contributed by atoms with Gasteiger partial charge in [0.25, 0.3) is 0 Å². The van der Waals surface area contributed by atoms with Crippen LogP contribution in [0.25, 0.3) is 6.08 Å². The molecule has 1 N–H and O–H groups in total. The second-order valence-corrected chi connectivity index (χ2v) is 4.63. The first-order valence-electron chi connectivity index (χ1n) is 6.75. The van der Waals surface area contributed by atoms with Crippen LogP contribution in [0.1, 0.15) is 11.1 Å². The number of pyridine rings is 1. The highest BCUT2D eigenvalue weighted by atomic mass is 16.5. The van der Waals surface area contributed by atoms with Gasteiger partial charge in [0.2, 0.25) is 5.91 Å². The molecule has 114 valence electrons.